The summed E-state index contributed by atoms with van der Waals surface area (Å²) in [6.07, 6.45) is -0.0924. The number of hydrogen-bond acceptors (Lipinski definition) is 4. The molecule has 0 aliphatic rings. The van der Waals surface area contributed by atoms with E-state index in [4.69, 9.17) is 9.84 Å². The molecule has 0 fully saturated rings. The molecule has 1 atom stereocenters. The lowest BCUT2D eigenvalue weighted by Gasteiger charge is -2.25. The first-order valence-corrected chi connectivity index (χ1v) is 5.19. The lowest BCUT2D eigenvalue weighted by molar-refractivity contribution is -0.152. The number of carbonyl (C=O) groups is 2. The highest BCUT2D eigenvalue weighted by molar-refractivity contribution is 5.81. The summed E-state index contributed by atoms with van der Waals surface area (Å²) >= 11 is 0. The van der Waals surface area contributed by atoms with E-state index in [1.807, 2.05) is 13.8 Å². The number of hydrogen-bond donors (Lipinski definition) is 1. The molecule has 0 amide bonds. The minimum Gasteiger partial charge on any atom is -0.480 e. The molecule has 0 unspecified atom stereocenters. The van der Waals surface area contributed by atoms with Gasteiger partial charge in [-0.3, -0.25) is 14.5 Å². The van der Waals surface area contributed by atoms with Crippen LogP contribution in [0.1, 0.15) is 27.2 Å². The molecule has 1 N–H and O–H groups in total. The van der Waals surface area contributed by atoms with E-state index in [-0.39, 0.29) is 13.0 Å². The van der Waals surface area contributed by atoms with Crippen molar-refractivity contribution in [1.29, 1.82) is 0 Å². The van der Waals surface area contributed by atoms with Gasteiger partial charge in [0, 0.05) is 0 Å². The molecule has 0 spiro atoms. The zero-order valence-corrected chi connectivity index (χ0v) is 9.52. The highest BCUT2D eigenvalue weighted by Gasteiger charge is 2.26. The average molecular weight is 217 g/mol. The van der Waals surface area contributed by atoms with Gasteiger partial charge in [-0.2, -0.15) is 0 Å². The number of esters is 1. The second-order valence-electron chi connectivity index (χ2n) is 3.08. The predicted octanol–water partition coefficient (Wildman–Crippen LogP) is 0.735. The third-order valence-electron chi connectivity index (χ3n) is 2.20. The van der Waals surface area contributed by atoms with Crippen LogP contribution >= 0.6 is 0 Å². The van der Waals surface area contributed by atoms with Crippen molar-refractivity contribution in [1.82, 2.24) is 4.90 Å². The van der Waals surface area contributed by atoms with Gasteiger partial charge in [0.25, 0.3) is 0 Å². The van der Waals surface area contributed by atoms with Crippen LogP contribution in [-0.4, -0.2) is 47.7 Å². The van der Waals surface area contributed by atoms with E-state index in [0.717, 1.165) is 0 Å². The first-order chi connectivity index (χ1) is 7.06. The van der Waals surface area contributed by atoms with Gasteiger partial charge in [-0.15, -0.1) is 0 Å². The Morgan fingerprint density at radius 2 is 1.80 bits per heavy atom. The molecular weight excluding hydrogens is 198 g/mol. The minimum absolute atomic E-state index is 0.0924. The Labute approximate surface area is 90.0 Å². The van der Waals surface area contributed by atoms with Crippen LogP contribution in [0.4, 0.5) is 0 Å². The highest BCUT2D eigenvalue weighted by atomic mass is 16.5. The monoisotopic (exact) mass is 217 g/mol. The summed E-state index contributed by atoms with van der Waals surface area (Å²) < 4.78 is 4.73. The molecule has 0 heterocycles. The second-order valence-corrected chi connectivity index (χ2v) is 3.08. The summed E-state index contributed by atoms with van der Waals surface area (Å²) in [6.45, 7) is 6.92. The van der Waals surface area contributed by atoms with Crippen molar-refractivity contribution in [2.45, 2.75) is 33.2 Å². The fourth-order valence-corrected chi connectivity index (χ4v) is 1.41. The summed E-state index contributed by atoms with van der Waals surface area (Å²) in [5.74, 6) is -1.44. The lowest BCUT2D eigenvalue weighted by Crippen LogP contribution is -2.42. The van der Waals surface area contributed by atoms with Gasteiger partial charge in [0.2, 0.25) is 0 Å². The van der Waals surface area contributed by atoms with Gasteiger partial charge in [0.15, 0.2) is 0 Å². The number of aliphatic carboxylic acids is 1. The first-order valence-electron chi connectivity index (χ1n) is 5.19. The Bertz CT molecular complexity index is 213. The predicted molar refractivity (Wildman–Crippen MR) is 55.6 cm³/mol. The quantitative estimate of drug-likeness (QED) is 0.637. The zero-order chi connectivity index (χ0) is 11.8. The summed E-state index contributed by atoms with van der Waals surface area (Å²) in [6, 6.07) is -0.779. The van der Waals surface area contributed by atoms with Gasteiger partial charge < -0.3 is 9.84 Å². The Morgan fingerprint density at radius 3 is 2.13 bits per heavy atom. The van der Waals surface area contributed by atoms with E-state index in [1.165, 1.54) is 0 Å². The van der Waals surface area contributed by atoms with Gasteiger partial charge in [0.1, 0.15) is 6.04 Å². The van der Waals surface area contributed by atoms with Gasteiger partial charge in [0.05, 0.1) is 13.0 Å². The molecule has 0 saturated heterocycles. The fourth-order valence-electron chi connectivity index (χ4n) is 1.41. The van der Waals surface area contributed by atoms with Crippen molar-refractivity contribution < 1.29 is 19.4 Å². The zero-order valence-electron chi connectivity index (χ0n) is 9.52. The third-order valence-corrected chi connectivity index (χ3v) is 2.20. The number of likely N-dealkylation sites (N-methyl/N-ethyl adjacent to an activating group) is 1. The van der Waals surface area contributed by atoms with Crippen molar-refractivity contribution in [3.05, 3.63) is 0 Å². The standard InChI is InChI=1S/C10H19NO4/c1-4-11(5-2)8(10(13)14)7-9(12)15-6-3/h8H,4-7H2,1-3H3,(H,13,14)/t8-/m0/s1. The molecule has 5 nitrogen and oxygen atoms in total. The van der Waals surface area contributed by atoms with Gasteiger partial charge >= 0.3 is 11.9 Å². The molecule has 0 rings (SSSR count). The Morgan fingerprint density at radius 1 is 1.27 bits per heavy atom. The second kappa shape index (κ2) is 7.23. The number of carboxylic acids is 1. The number of carbonyl (C=O) groups excluding carboxylic acids is 1. The minimum atomic E-state index is -0.980. The normalized spacial score (nSPS) is 12.5. The summed E-state index contributed by atoms with van der Waals surface area (Å²) in [7, 11) is 0. The van der Waals surface area contributed by atoms with Gasteiger partial charge in [-0.05, 0) is 20.0 Å². The summed E-state index contributed by atoms with van der Waals surface area (Å²) in [4.78, 5) is 23.9. The molecule has 0 saturated carbocycles. The first kappa shape index (κ1) is 13.9. The maximum absolute atomic E-state index is 11.2. The van der Waals surface area contributed by atoms with Crippen LogP contribution in [0, 0.1) is 0 Å². The largest absolute Gasteiger partial charge is 0.480 e. The lowest BCUT2D eigenvalue weighted by atomic mass is 10.1. The molecule has 0 bridgehead atoms. The topological polar surface area (TPSA) is 66.8 Å². The third kappa shape index (κ3) is 4.78. The van der Waals surface area contributed by atoms with Gasteiger partial charge in [-0.25, -0.2) is 0 Å². The van der Waals surface area contributed by atoms with Crippen LogP contribution in [0.15, 0.2) is 0 Å². The van der Waals surface area contributed by atoms with E-state index in [0.29, 0.717) is 13.1 Å². The van der Waals surface area contributed by atoms with Crippen molar-refractivity contribution in [2.24, 2.45) is 0 Å². The molecular formula is C10H19NO4. The maximum atomic E-state index is 11.2. The summed E-state index contributed by atoms with van der Waals surface area (Å²) in [5, 5.41) is 8.97. The average Bonchev–Trinajstić information content (AvgIpc) is 2.18. The van der Waals surface area contributed by atoms with Crippen molar-refractivity contribution in [2.75, 3.05) is 19.7 Å². The van der Waals surface area contributed by atoms with Crippen molar-refractivity contribution in [3.8, 4) is 0 Å². The fraction of sp³-hybridized carbons (Fsp3) is 0.800. The Kier molecular flexibility index (Phi) is 6.70. The number of carboxylic acid groups (broad SMARTS) is 1. The van der Waals surface area contributed by atoms with Crippen LogP contribution in [0.5, 0.6) is 0 Å². The highest BCUT2D eigenvalue weighted by Crippen LogP contribution is 2.06. The molecule has 0 aromatic rings. The molecule has 5 heteroatoms. The van der Waals surface area contributed by atoms with E-state index in [9.17, 15) is 9.59 Å². The Balaban J connectivity index is 4.39. The SMILES string of the molecule is CCOC(=O)C[C@@H](C(=O)O)N(CC)CC. The van der Waals surface area contributed by atoms with E-state index < -0.39 is 18.0 Å². The molecule has 15 heavy (non-hydrogen) atoms. The van der Waals surface area contributed by atoms with Crippen LogP contribution in [0.3, 0.4) is 0 Å². The smallest absolute Gasteiger partial charge is 0.321 e. The van der Waals surface area contributed by atoms with Crippen LogP contribution < -0.4 is 0 Å². The summed E-state index contributed by atoms with van der Waals surface area (Å²) in [5.41, 5.74) is 0. The number of rotatable bonds is 7. The molecule has 0 aromatic carbocycles. The van der Waals surface area contributed by atoms with Crippen LogP contribution in [0.25, 0.3) is 0 Å². The van der Waals surface area contributed by atoms with Gasteiger partial charge in [-0.1, -0.05) is 13.8 Å². The molecule has 88 valence electrons. The van der Waals surface area contributed by atoms with E-state index in [2.05, 4.69) is 0 Å². The molecule has 0 aromatic heterocycles. The molecule has 0 aliphatic carbocycles. The van der Waals surface area contributed by atoms with Crippen LogP contribution in [0.2, 0.25) is 0 Å². The van der Waals surface area contributed by atoms with Crippen molar-refractivity contribution >= 4 is 11.9 Å². The van der Waals surface area contributed by atoms with Crippen LogP contribution in [-0.2, 0) is 14.3 Å². The maximum Gasteiger partial charge on any atom is 0.321 e. The molecule has 0 radical (unpaired) electrons. The number of ether oxygens (including phenoxy) is 1. The van der Waals surface area contributed by atoms with E-state index in [1.54, 1.807) is 11.8 Å². The van der Waals surface area contributed by atoms with E-state index >= 15 is 0 Å². The Hall–Kier alpha value is -1.10. The molecule has 0 aliphatic heterocycles. The van der Waals surface area contributed by atoms with Crippen molar-refractivity contribution in [3.63, 3.8) is 0 Å². The number of nitrogens with zero attached hydrogens (tertiary/aromatic N) is 1.